The minimum absolute atomic E-state index is 0.0362. The first-order valence-electron chi connectivity index (χ1n) is 5.88. The molecule has 0 unspecified atom stereocenters. The van der Waals surface area contributed by atoms with Gasteiger partial charge in [-0.1, -0.05) is 24.0 Å². The highest BCUT2D eigenvalue weighted by molar-refractivity contribution is 8.23. The molecule has 18 heavy (non-hydrogen) atoms. The number of thioether (sulfide) groups is 1. The first-order chi connectivity index (χ1) is 8.67. The van der Waals surface area contributed by atoms with Crippen LogP contribution in [0, 0.1) is 0 Å². The number of furan rings is 1. The van der Waals surface area contributed by atoms with Crippen molar-refractivity contribution < 1.29 is 9.21 Å². The lowest BCUT2D eigenvalue weighted by atomic mass is 10.4. The van der Waals surface area contributed by atoms with Gasteiger partial charge in [0.05, 0.1) is 18.6 Å². The Labute approximate surface area is 117 Å². The summed E-state index contributed by atoms with van der Waals surface area (Å²) in [5.74, 6) is 1.06. The van der Waals surface area contributed by atoms with E-state index in [-0.39, 0.29) is 5.91 Å². The van der Waals surface area contributed by atoms with Crippen LogP contribution in [0.5, 0.6) is 0 Å². The Morgan fingerprint density at radius 3 is 2.78 bits per heavy atom. The molecule has 0 atom stereocenters. The monoisotopic (exact) mass is 286 g/mol. The van der Waals surface area contributed by atoms with E-state index in [1.54, 1.807) is 12.3 Å². The number of amides is 1. The molecule has 0 radical (unpaired) electrons. The van der Waals surface area contributed by atoms with E-state index in [9.17, 15) is 4.79 Å². The normalized spacial score (nSPS) is 10.1. The first kappa shape index (κ1) is 15.0. The highest BCUT2D eigenvalue weighted by Gasteiger charge is 2.09. The third-order valence-electron chi connectivity index (χ3n) is 2.39. The van der Waals surface area contributed by atoms with E-state index in [1.165, 1.54) is 11.8 Å². The Balaban J connectivity index is 2.22. The van der Waals surface area contributed by atoms with Crippen molar-refractivity contribution in [3.05, 3.63) is 24.2 Å². The van der Waals surface area contributed by atoms with E-state index in [0.717, 1.165) is 23.2 Å². The number of nitrogens with one attached hydrogen (secondary N) is 1. The molecule has 0 bridgehead atoms. The van der Waals surface area contributed by atoms with Crippen molar-refractivity contribution in [2.75, 3.05) is 18.8 Å². The fraction of sp³-hybridized carbons (Fsp3) is 0.500. The molecule has 4 nitrogen and oxygen atoms in total. The average Bonchev–Trinajstić information content (AvgIpc) is 2.88. The highest BCUT2D eigenvalue weighted by atomic mass is 32.2. The van der Waals surface area contributed by atoms with Gasteiger partial charge in [0.2, 0.25) is 5.91 Å². The van der Waals surface area contributed by atoms with Crippen molar-refractivity contribution >= 4 is 34.2 Å². The summed E-state index contributed by atoms with van der Waals surface area (Å²) in [6.45, 7) is 6.26. The highest BCUT2D eigenvalue weighted by Crippen LogP contribution is 2.09. The Morgan fingerprint density at radius 2 is 2.22 bits per heavy atom. The Morgan fingerprint density at radius 1 is 1.50 bits per heavy atom. The standard InChI is InChI=1S/C12H18N2O2S2/c1-3-14(4-2)12(17)18-9-11(15)13-8-10-6-5-7-16-10/h5-7H,3-4,8-9H2,1-2H3,(H,13,15). The van der Waals surface area contributed by atoms with Gasteiger partial charge in [-0.05, 0) is 26.0 Å². The zero-order chi connectivity index (χ0) is 13.4. The maximum Gasteiger partial charge on any atom is 0.230 e. The summed E-state index contributed by atoms with van der Waals surface area (Å²) >= 11 is 6.64. The lowest BCUT2D eigenvalue weighted by Gasteiger charge is -2.20. The molecule has 0 saturated carbocycles. The van der Waals surface area contributed by atoms with Gasteiger partial charge in [-0.2, -0.15) is 0 Å². The summed E-state index contributed by atoms with van der Waals surface area (Å²) in [6.07, 6.45) is 1.59. The molecule has 0 spiro atoms. The van der Waals surface area contributed by atoms with Gasteiger partial charge in [0.15, 0.2) is 0 Å². The summed E-state index contributed by atoms with van der Waals surface area (Å²) < 4.78 is 5.90. The molecule has 1 N–H and O–H groups in total. The van der Waals surface area contributed by atoms with Gasteiger partial charge in [-0.25, -0.2) is 0 Å². The second-order valence-corrected chi connectivity index (χ2v) is 5.19. The molecular formula is C12H18N2O2S2. The maximum atomic E-state index is 11.6. The molecule has 1 amide bonds. The van der Waals surface area contributed by atoms with Crippen molar-refractivity contribution in [1.82, 2.24) is 10.2 Å². The number of carbonyl (C=O) groups excluding carboxylic acids is 1. The second kappa shape index (κ2) is 8.16. The van der Waals surface area contributed by atoms with Crippen molar-refractivity contribution in [1.29, 1.82) is 0 Å². The molecule has 1 aromatic heterocycles. The van der Waals surface area contributed by atoms with Crippen molar-refractivity contribution in [3.63, 3.8) is 0 Å². The van der Waals surface area contributed by atoms with Gasteiger partial charge < -0.3 is 14.6 Å². The lowest BCUT2D eigenvalue weighted by Crippen LogP contribution is -2.30. The van der Waals surface area contributed by atoms with Gasteiger partial charge in [-0.15, -0.1) is 0 Å². The maximum absolute atomic E-state index is 11.6. The molecule has 1 heterocycles. The molecule has 0 aliphatic carbocycles. The van der Waals surface area contributed by atoms with Crippen LogP contribution in [0.3, 0.4) is 0 Å². The van der Waals surface area contributed by atoms with Crippen LogP contribution in [-0.4, -0.2) is 34.0 Å². The topological polar surface area (TPSA) is 45.5 Å². The molecule has 0 aliphatic heterocycles. The number of hydrogen-bond donors (Lipinski definition) is 1. The van der Waals surface area contributed by atoms with Crippen LogP contribution >= 0.6 is 24.0 Å². The van der Waals surface area contributed by atoms with Gasteiger partial charge in [0.1, 0.15) is 10.1 Å². The molecule has 0 aliphatic rings. The quantitative estimate of drug-likeness (QED) is 0.813. The Bertz CT molecular complexity index is 375. The van der Waals surface area contributed by atoms with E-state index in [2.05, 4.69) is 10.2 Å². The van der Waals surface area contributed by atoms with Crippen LogP contribution in [-0.2, 0) is 11.3 Å². The van der Waals surface area contributed by atoms with Crippen molar-refractivity contribution in [3.8, 4) is 0 Å². The largest absolute Gasteiger partial charge is 0.467 e. The van der Waals surface area contributed by atoms with Gasteiger partial charge in [-0.3, -0.25) is 4.79 Å². The third-order valence-corrected chi connectivity index (χ3v) is 3.91. The van der Waals surface area contributed by atoms with Crippen LogP contribution < -0.4 is 5.32 Å². The van der Waals surface area contributed by atoms with Crippen molar-refractivity contribution in [2.45, 2.75) is 20.4 Å². The Kier molecular flexibility index (Phi) is 6.82. The molecule has 100 valence electrons. The molecule has 1 rings (SSSR count). The summed E-state index contributed by atoms with van der Waals surface area (Å²) in [6, 6.07) is 3.62. The van der Waals surface area contributed by atoms with Crippen LogP contribution in [0.4, 0.5) is 0 Å². The molecule has 1 aromatic rings. The minimum atomic E-state index is -0.0362. The number of carbonyl (C=O) groups is 1. The smallest absolute Gasteiger partial charge is 0.230 e. The number of nitrogens with zero attached hydrogens (tertiary/aromatic N) is 1. The van der Waals surface area contributed by atoms with E-state index < -0.39 is 0 Å². The van der Waals surface area contributed by atoms with Crippen LogP contribution in [0.1, 0.15) is 19.6 Å². The minimum Gasteiger partial charge on any atom is -0.467 e. The van der Waals surface area contributed by atoms with E-state index in [0.29, 0.717) is 12.3 Å². The average molecular weight is 286 g/mol. The van der Waals surface area contributed by atoms with Crippen LogP contribution in [0.2, 0.25) is 0 Å². The predicted molar refractivity (Wildman–Crippen MR) is 78.5 cm³/mol. The second-order valence-electron chi connectivity index (χ2n) is 3.58. The summed E-state index contributed by atoms with van der Waals surface area (Å²) in [5, 5.41) is 2.78. The van der Waals surface area contributed by atoms with Crippen molar-refractivity contribution in [2.24, 2.45) is 0 Å². The molecule has 0 fully saturated rings. The number of rotatable bonds is 6. The van der Waals surface area contributed by atoms with Crippen LogP contribution in [0.15, 0.2) is 22.8 Å². The molecule has 0 aromatic carbocycles. The van der Waals surface area contributed by atoms with Crippen LogP contribution in [0.25, 0.3) is 0 Å². The molecule has 6 heteroatoms. The first-order valence-corrected chi connectivity index (χ1v) is 7.27. The molecule has 0 saturated heterocycles. The number of hydrogen-bond acceptors (Lipinski definition) is 4. The third kappa shape index (κ3) is 5.10. The summed E-state index contributed by atoms with van der Waals surface area (Å²) in [5.41, 5.74) is 0. The summed E-state index contributed by atoms with van der Waals surface area (Å²) in [7, 11) is 0. The van der Waals surface area contributed by atoms with Gasteiger partial charge in [0.25, 0.3) is 0 Å². The zero-order valence-electron chi connectivity index (χ0n) is 10.6. The predicted octanol–water partition coefficient (Wildman–Crippen LogP) is 2.26. The molecular weight excluding hydrogens is 268 g/mol. The fourth-order valence-electron chi connectivity index (χ4n) is 1.35. The SMILES string of the molecule is CCN(CC)C(=S)SCC(=O)NCc1ccco1. The number of thiocarbonyl (C=S) groups is 1. The Hall–Kier alpha value is -1.01. The fourth-order valence-corrected chi connectivity index (χ4v) is 2.58. The lowest BCUT2D eigenvalue weighted by molar-refractivity contribution is -0.118. The van der Waals surface area contributed by atoms with E-state index in [1.807, 2.05) is 19.9 Å². The van der Waals surface area contributed by atoms with E-state index >= 15 is 0 Å². The van der Waals surface area contributed by atoms with E-state index in [4.69, 9.17) is 16.6 Å². The zero-order valence-corrected chi connectivity index (χ0v) is 12.3. The van der Waals surface area contributed by atoms with Gasteiger partial charge in [0, 0.05) is 13.1 Å². The van der Waals surface area contributed by atoms with Gasteiger partial charge >= 0.3 is 0 Å². The summed E-state index contributed by atoms with van der Waals surface area (Å²) in [4.78, 5) is 13.6.